The van der Waals surface area contributed by atoms with Gasteiger partial charge >= 0.3 is 7.12 Å². The topological polar surface area (TPSA) is 329 Å². The van der Waals surface area contributed by atoms with Crippen molar-refractivity contribution in [1.82, 2.24) is 75.4 Å². The first-order chi connectivity index (χ1) is 61.3. The first-order valence-corrected chi connectivity index (χ1v) is 44.8. The summed E-state index contributed by atoms with van der Waals surface area (Å²) in [4.78, 5) is 25.0. The van der Waals surface area contributed by atoms with E-state index in [0.29, 0.717) is 61.7 Å². The molecule has 15 aromatic rings. The van der Waals surface area contributed by atoms with Crippen molar-refractivity contribution in [2.75, 3.05) is 101 Å². The molecule has 3 aliphatic heterocycles. The van der Waals surface area contributed by atoms with Crippen molar-refractivity contribution in [1.29, 1.82) is 0 Å². The fraction of sp³-hybridized carbons (Fsp3) is 0.271. The minimum absolute atomic E-state index is 0. The minimum Gasteiger partial charge on any atom is -0.508 e. The van der Waals surface area contributed by atoms with Crippen molar-refractivity contribution in [3.05, 3.63) is 262 Å². The van der Waals surface area contributed by atoms with E-state index in [1.54, 1.807) is 30.3 Å². The van der Waals surface area contributed by atoms with Gasteiger partial charge in [0, 0.05) is 82.2 Å². The number of nitrogens with one attached hydrogen (secondary N) is 2. The van der Waals surface area contributed by atoms with E-state index in [2.05, 4.69) is 138 Å². The van der Waals surface area contributed by atoms with Crippen LogP contribution in [-0.4, -0.2) is 176 Å². The van der Waals surface area contributed by atoms with Gasteiger partial charge < -0.3 is 51.5 Å². The molecule has 670 valence electrons. The molecular formula is C96H103BBr2Cl5N19O6. The second kappa shape index (κ2) is 47.7. The van der Waals surface area contributed by atoms with Crippen molar-refractivity contribution in [2.45, 2.75) is 94.4 Å². The summed E-state index contributed by atoms with van der Waals surface area (Å²) in [5.74, 6) is 4.08. The van der Waals surface area contributed by atoms with Crippen LogP contribution in [0.3, 0.4) is 0 Å². The molecule has 3 fully saturated rings. The van der Waals surface area contributed by atoms with E-state index >= 15 is 0 Å². The number of aromatic hydroxyl groups is 1. The van der Waals surface area contributed by atoms with Gasteiger partial charge in [-0.15, -0.1) is 53.2 Å². The Kier molecular flexibility index (Phi) is 36.5. The van der Waals surface area contributed by atoms with Crippen LogP contribution < -0.4 is 41.8 Å². The standard InChI is InChI=1S/C27H28ClN5O.C26H26ClN5O2.C15H13ClN4.C12H16BrNO.C8H7BrN4.C7H8BClO2.CH4.ClH/c1-18-5-10-24(28)23(15-18)20-16-19(2)26-25(17-20)31-32-27(30-26)29-21-6-8-22(9-7-21)34-14-13-33-11-3-4-12-33;1-17-14-18(22-16-20(33)6-9-23(22)27)15-24-25(17)29-26(31-30-24)28-19-4-7-21(8-5-19)34-13-12-32-10-2-3-11-32;1-8-3-4-12(16)11(5-8)10-6-9(2)14-13(7-10)19-20-15(17)18-14;13-11-3-5-12(6-4-11)15-10-9-14-7-1-2-8-14;1-4-2-5(9)3-6-7(4)11-8(10)13-12-6;1-5-2-3-7(9)6(4-5)8(10)11;;/h5-10,15-17H,3-4,11-14H2,1-2H3,(H,29,30,32);4-9,14-16,33H,2-3,10-13H2,1H3,(H,28,29,31);3-7H,1-2H3,(H2,17,18,20);3-6H,1-2,7-10H2;2-3H,1H3,(H2,10,11,13);2-4,10-11H,1H3;1H4;1H. The fourth-order valence-corrected chi connectivity index (χ4v) is 16.4. The van der Waals surface area contributed by atoms with E-state index in [4.69, 9.17) is 87.1 Å². The van der Waals surface area contributed by atoms with Gasteiger partial charge in [0.2, 0.25) is 23.8 Å². The largest absolute Gasteiger partial charge is 0.508 e. The van der Waals surface area contributed by atoms with Crippen LogP contribution in [0.1, 0.15) is 84.9 Å². The number of fused-ring (bicyclic) bond motifs is 4. The van der Waals surface area contributed by atoms with Crippen molar-refractivity contribution >= 4 is 183 Å². The third-order valence-electron chi connectivity index (χ3n) is 21.2. The van der Waals surface area contributed by atoms with Gasteiger partial charge in [-0.2, -0.15) is 0 Å². The molecule has 0 aliphatic carbocycles. The number of halogens is 7. The van der Waals surface area contributed by atoms with Crippen LogP contribution in [-0.2, 0) is 0 Å². The Morgan fingerprint density at radius 1 is 0.372 bits per heavy atom. The van der Waals surface area contributed by atoms with Crippen LogP contribution in [0.15, 0.2) is 203 Å². The van der Waals surface area contributed by atoms with Gasteiger partial charge in [0.05, 0.1) is 22.1 Å². The molecule has 0 amide bonds. The number of phenols is 1. The maximum Gasteiger partial charge on any atom is 0.489 e. The molecule has 9 N–H and O–H groups in total. The Bertz CT molecular complexity index is 6090. The number of aryl methyl sites for hydroxylation is 7. The monoisotopic (exact) mass is 1960 g/mol. The lowest BCUT2D eigenvalue weighted by molar-refractivity contribution is 0.237. The summed E-state index contributed by atoms with van der Waals surface area (Å²) in [7, 11) is -1.48. The lowest BCUT2D eigenvalue weighted by Crippen LogP contribution is -2.30. The summed E-state index contributed by atoms with van der Waals surface area (Å²) < 4.78 is 19.5. The quantitative estimate of drug-likeness (QED) is 0.0349. The van der Waals surface area contributed by atoms with Gasteiger partial charge in [0.15, 0.2) is 0 Å². The van der Waals surface area contributed by atoms with E-state index in [9.17, 15) is 5.11 Å². The number of nitrogens with zero attached hydrogens (tertiary/aromatic N) is 15. The zero-order valence-corrected chi connectivity index (χ0v) is 78.9. The highest BCUT2D eigenvalue weighted by Gasteiger charge is 2.20. The SMILES string of the molecule is Brc1ccc(OCCN2CCCC2)cc1.C.Cc1cc(-c2cc(O)ccc2Cl)cc2nnc(Nc3ccc(OCCN4CCCC4)cc3)nc12.Cc1cc(Br)cc2nnc(N)nc12.Cc1ccc(Cl)c(-c2cc(C)c3nc(N)nnc3c2)c1.Cc1ccc(Cl)c(-c2cc(C)c3nc(Nc4ccc(OCCN5CCCC5)cc4)nnc3c2)c1.Cc1ccc(Cl)c(B(O)O)c1.Cl. The molecule has 0 saturated carbocycles. The summed E-state index contributed by atoms with van der Waals surface area (Å²) in [6.45, 7) is 26.3. The molecule has 0 unspecified atom stereocenters. The third-order valence-corrected chi connectivity index (χ3v) is 23.5. The predicted octanol–water partition coefficient (Wildman–Crippen LogP) is 21.3. The van der Waals surface area contributed by atoms with Crippen LogP contribution in [0, 0.1) is 48.5 Å². The number of nitrogens with two attached hydrogens (primary N) is 2. The lowest BCUT2D eigenvalue weighted by Gasteiger charge is -2.15. The Hall–Kier alpha value is -10.8. The zero-order chi connectivity index (χ0) is 89.6. The van der Waals surface area contributed by atoms with E-state index in [1.165, 1.54) is 77.8 Å². The van der Waals surface area contributed by atoms with Crippen molar-refractivity contribution in [3.8, 4) is 56.4 Å². The van der Waals surface area contributed by atoms with Gasteiger partial charge in [-0.25, -0.2) is 19.9 Å². The molecule has 0 spiro atoms. The average molecular weight is 1970 g/mol. The molecule has 0 atom stereocenters. The van der Waals surface area contributed by atoms with E-state index < -0.39 is 7.12 Å². The first-order valence-electron chi connectivity index (χ1n) is 41.7. The average Bonchev–Trinajstić information content (AvgIpc) is 0.858. The van der Waals surface area contributed by atoms with Crippen molar-refractivity contribution in [2.24, 2.45) is 0 Å². The molecule has 3 aliphatic rings. The van der Waals surface area contributed by atoms with Gasteiger partial charge in [0.1, 0.15) is 64.9 Å². The third kappa shape index (κ3) is 28.3. The highest BCUT2D eigenvalue weighted by molar-refractivity contribution is 9.10. The predicted molar refractivity (Wildman–Crippen MR) is 534 cm³/mol. The number of hydrogen-bond donors (Lipinski definition) is 7. The van der Waals surface area contributed by atoms with E-state index in [0.717, 1.165) is 169 Å². The molecule has 0 radical (unpaired) electrons. The van der Waals surface area contributed by atoms with Crippen LogP contribution in [0.25, 0.3) is 77.5 Å². The Morgan fingerprint density at radius 2 is 0.698 bits per heavy atom. The van der Waals surface area contributed by atoms with E-state index in [1.807, 2.05) is 187 Å². The van der Waals surface area contributed by atoms with E-state index in [-0.39, 0.29) is 37.5 Å². The molecule has 33 heteroatoms. The minimum atomic E-state index is -1.48. The number of hydrogen-bond acceptors (Lipinski definition) is 25. The summed E-state index contributed by atoms with van der Waals surface area (Å²) >= 11 is 31.5. The van der Waals surface area contributed by atoms with Crippen LogP contribution >= 0.6 is 90.7 Å². The number of likely N-dealkylation sites (tertiary alicyclic amines) is 3. The summed E-state index contributed by atoms with van der Waals surface area (Å²) in [6.07, 6.45) is 7.87. The maximum atomic E-state index is 9.85. The maximum absolute atomic E-state index is 9.85. The van der Waals surface area contributed by atoms with Gasteiger partial charge in [-0.3, -0.25) is 14.7 Å². The highest BCUT2D eigenvalue weighted by Crippen LogP contribution is 2.37. The van der Waals surface area contributed by atoms with Crippen LogP contribution in [0.5, 0.6) is 23.0 Å². The highest BCUT2D eigenvalue weighted by atomic mass is 79.9. The number of phenolic OH excluding ortho intramolecular Hbond substituents is 1. The van der Waals surface area contributed by atoms with Crippen LogP contribution in [0.2, 0.25) is 20.1 Å². The molecular weight excluding hydrogens is 1860 g/mol. The first kappa shape index (κ1) is 98.8. The lowest BCUT2D eigenvalue weighted by atomic mass is 9.79. The van der Waals surface area contributed by atoms with Crippen molar-refractivity contribution in [3.63, 3.8) is 0 Å². The second-order valence-corrected chi connectivity index (χ2v) is 34.6. The smallest absolute Gasteiger partial charge is 0.489 e. The second-order valence-electron chi connectivity index (χ2n) is 31.2. The molecule has 0 bridgehead atoms. The molecule has 11 aromatic carbocycles. The molecule has 25 nitrogen and oxygen atoms in total. The zero-order valence-electron chi connectivity index (χ0n) is 71.9. The molecule has 18 rings (SSSR count). The number of benzene rings is 11. The normalized spacial score (nSPS) is 12.9. The molecule has 3 saturated heterocycles. The Balaban J connectivity index is 0.000000157. The van der Waals surface area contributed by atoms with Crippen LogP contribution in [0.4, 0.5) is 35.2 Å². The fourth-order valence-electron chi connectivity index (χ4n) is 14.7. The van der Waals surface area contributed by atoms with Gasteiger partial charge in [0.25, 0.3) is 0 Å². The summed E-state index contributed by atoms with van der Waals surface area (Å²) in [6, 6.07) is 61.3. The Labute approximate surface area is 795 Å². The summed E-state index contributed by atoms with van der Waals surface area (Å²) in [5.41, 5.74) is 31.9. The van der Waals surface area contributed by atoms with Crippen molar-refractivity contribution < 1.29 is 29.4 Å². The molecule has 129 heavy (non-hydrogen) atoms. The molecule has 7 heterocycles. The number of anilines is 6. The number of ether oxygens (including phenoxy) is 3. The number of aromatic nitrogens is 12. The molecule has 4 aromatic heterocycles. The van der Waals surface area contributed by atoms with Gasteiger partial charge in [-0.05, 0) is 335 Å². The Morgan fingerprint density at radius 3 is 1.08 bits per heavy atom. The van der Waals surface area contributed by atoms with Gasteiger partial charge in [-0.1, -0.05) is 127 Å². The number of nitrogen functional groups attached to an aromatic ring is 2. The summed E-state index contributed by atoms with van der Waals surface area (Å²) in [5, 5.41) is 69.1. The number of rotatable bonds is 20.